The minimum absolute atomic E-state index is 0.109. The van der Waals surface area contributed by atoms with E-state index in [4.69, 9.17) is 9.47 Å². The maximum absolute atomic E-state index is 13.3. The summed E-state index contributed by atoms with van der Waals surface area (Å²) in [6, 6.07) is 13.2. The van der Waals surface area contributed by atoms with Gasteiger partial charge in [-0.15, -0.1) is 0 Å². The van der Waals surface area contributed by atoms with E-state index in [2.05, 4.69) is 10.3 Å². The quantitative estimate of drug-likeness (QED) is 0.597. The van der Waals surface area contributed by atoms with Gasteiger partial charge in [0.15, 0.2) is 6.61 Å². The van der Waals surface area contributed by atoms with E-state index in [1.807, 2.05) is 47.1 Å². The molecule has 2 aromatic heterocycles. The predicted octanol–water partition coefficient (Wildman–Crippen LogP) is 2.33. The fourth-order valence-electron chi connectivity index (χ4n) is 4.15. The summed E-state index contributed by atoms with van der Waals surface area (Å²) in [5, 5.41) is 2.82. The molecule has 0 saturated carbocycles. The van der Waals surface area contributed by atoms with Gasteiger partial charge in [-0.25, -0.2) is 0 Å². The van der Waals surface area contributed by atoms with Gasteiger partial charge in [0.1, 0.15) is 11.3 Å². The minimum atomic E-state index is -1.06. The summed E-state index contributed by atoms with van der Waals surface area (Å²) in [6.07, 6.45) is 6.41. The molecule has 2 amide bonds. The van der Waals surface area contributed by atoms with Crippen molar-refractivity contribution in [2.75, 3.05) is 32.9 Å². The van der Waals surface area contributed by atoms with Gasteiger partial charge in [0.2, 0.25) is 5.91 Å². The first-order valence-electron chi connectivity index (χ1n) is 11.2. The van der Waals surface area contributed by atoms with Crippen LogP contribution in [0.15, 0.2) is 61.1 Å². The van der Waals surface area contributed by atoms with Gasteiger partial charge in [0, 0.05) is 37.6 Å². The average Bonchev–Trinajstić information content (AvgIpc) is 3.18. The summed E-state index contributed by atoms with van der Waals surface area (Å²) in [5.41, 5.74) is 0.980. The first-order chi connectivity index (χ1) is 15.9. The van der Waals surface area contributed by atoms with Crippen LogP contribution < -0.4 is 10.1 Å². The molecule has 0 spiro atoms. The van der Waals surface area contributed by atoms with Crippen molar-refractivity contribution < 1.29 is 19.1 Å². The van der Waals surface area contributed by atoms with Crippen LogP contribution in [-0.4, -0.2) is 64.5 Å². The van der Waals surface area contributed by atoms with Crippen molar-refractivity contribution in [3.8, 4) is 5.75 Å². The largest absolute Gasteiger partial charge is 0.484 e. The van der Waals surface area contributed by atoms with E-state index in [9.17, 15) is 9.59 Å². The number of carbonyl (C=O) groups is 2. The van der Waals surface area contributed by atoms with Gasteiger partial charge in [0.25, 0.3) is 5.91 Å². The third-order valence-corrected chi connectivity index (χ3v) is 5.74. The second-order valence-corrected chi connectivity index (χ2v) is 8.85. The van der Waals surface area contributed by atoms with Gasteiger partial charge in [-0.05, 0) is 44.5 Å². The highest BCUT2D eigenvalue weighted by atomic mass is 16.5. The Hall–Kier alpha value is -3.39. The lowest BCUT2D eigenvalue weighted by Crippen LogP contribution is -2.57. The Labute approximate surface area is 193 Å². The Bertz CT molecular complexity index is 1100. The van der Waals surface area contributed by atoms with Gasteiger partial charge < -0.3 is 24.1 Å². The number of para-hydroxylation sites is 1. The van der Waals surface area contributed by atoms with Gasteiger partial charge >= 0.3 is 0 Å². The molecule has 1 fully saturated rings. The molecule has 0 radical (unpaired) electrons. The first kappa shape index (κ1) is 22.8. The van der Waals surface area contributed by atoms with E-state index in [0.29, 0.717) is 38.5 Å². The fraction of sp³-hybridized carbons (Fsp3) is 0.400. The standard InChI is InChI=1S/C25H30N4O4/c1-25(2,27-23(30)18-33-20-7-4-3-5-8-20)24(31)29-13-14-32-17-19(16-29)15-21-22-9-6-11-28(22)12-10-26-21/h3-12,19H,13-18H2,1-2H3,(H,27,30)/t19-/m1/s1. The summed E-state index contributed by atoms with van der Waals surface area (Å²) < 4.78 is 13.3. The van der Waals surface area contributed by atoms with Crippen molar-refractivity contribution in [1.29, 1.82) is 0 Å². The smallest absolute Gasteiger partial charge is 0.258 e. The number of rotatable bonds is 7. The van der Waals surface area contributed by atoms with Gasteiger partial charge in [-0.3, -0.25) is 14.6 Å². The van der Waals surface area contributed by atoms with E-state index in [-0.39, 0.29) is 24.3 Å². The highest BCUT2D eigenvalue weighted by Gasteiger charge is 2.35. The summed E-state index contributed by atoms with van der Waals surface area (Å²) in [4.78, 5) is 32.1. The number of nitrogens with one attached hydrogen (secondary N) is 1. The van der Waals surface area contributed by atoms with Crippen LogP contribution in [0.2, 0.25) is 0 Å². The maximum Gasteiger partial charge on any atom is 0.258 e. The lowest BCUT2D eigenvalue weighted by molar-refractivity contribution is -0.141. The van der Waals surface area contributed by atoms with Crippen LogP contribution in [0.5, 0.6) is 5.75 Å². The number of fused-ring (bicyclic) bond motifs is 1. The van der Waals surface area contributed by atoms with Crippen molar-refractivity contribution >= 4 is 17.3 Å². The molecule has 1 aromatic carbocycles. The topological polar surface area (TPSA) is 85.2 Å². The second kappa shape index (κ2) is 10.0. The summed E-state index contributed by atoms with van der Waals surface area (Å²) >= 11 is 0. The average molecular weight is 451 g/mol. The normalized spacial score (nSPS) is 16.9. The maximum atomic E-state index is 13.3. The van der Waals surface area contributed by atoms with Crippen molar-refractivity contribution in [3.05, 3.63) is 66.7 Å². The second-order valence-electron chi connectivity index (χ2n) is 8.85. The number of hydrogen-bond acceptors (Lipinski definition) is 5. The molecule has 0 bridgehead atoms. The van der Waals surface area contributed by atoms with Crippen molar-refractivity contribution in [2.24, 2.45) is 5.92 Å². The molecule has 1 atom stereocenters. The Balaban J connectivity index is 1.37. The number of nitrogens with zero attached hydrogens (tertiary/aromatic N) is 3. The molecule has 4 rings (SSSR count). The first-order valence-corrected chi connectivity index (χ1v) is 11.2. The number of aromatic nitrogens is 2. The highest BCUT2D eigenvalue weighted by molar-refractivity contribution is 5.91. The molecular weight excluding hydrogens is 420 g/mol. The van der Waals surface area contributed by atoms with Crippen LogP contribution in [0.3, 0.4) is 0 Å². The highest BCUT2D eigenvalue weighted by Crippen LogP contribution is 2.19. The Morgan fingerprint density at radius 2 is 2.00 bits per heavy atom. The predicted molar refractivity (Wildman–Crippen MR) is 124 cm³/mol. The monoisotopic (exact) mass is 450 g/mol. The summed E-state index contributed by atoms with van der Waals surface area (Å²) in [6.45, 7) is 5.34. The summed E-state index contributed by atoms with van der Waals surface area (Å²) in [5.74, 6) is 0.234. The zero-order chi connectivity index (χ0) is 23.3. The zero-order valence-corrected chi connectivity index (χ0v) is 19.1. The van der Waals surface area contributed by atoms with E-state index in [1.54, 1.807) is 37.1 Å². The van der Waals surface area contributed by atoms with E-state index in [0.717, 1.165) is 11.2 Å². The van der Waals surface area contributed by atoms with Gasteiger partial charge in [0.05, 0.1) is 24.4 Å². The minimum Gasteiger partial charge on any atom is -0.484 e. The van der Waals surface area contributed by atoms with Crippen LogP contribution in [0.25, 0.3) is 5.52 Å². The molecule has 1 saturated heterocycles. The zero-order valence-electron chi connectivity index (χ0n) is 19.1. The SMILES string of the molecule is CC(C)(NC(=O)COc1ccccc1)C(=O)N1CCOC[C@H](Cc2nccn3cccc23)C1. The molecule has 0 aliphatic carbocycles. The molecule has 3 aromatic rings. The van der Waals surface area contributed by atoms with Crippen molar-refractivity contribution in [2.45, 2.75) is 25.8 Å². The van der Waals surface area contributed by atoms with Gasteiger partial charge in [-0.1, -0.05) is 18.2 Å². The number of ether oxygens (including phenoxy) is 2. The Kier molecular flexibility index (Phi) is 6.93. The lowest BCUT2D eigenvalue weighted by atomic mass is 9.99. The molecule has 1 aliphatic heterocycles. The van der Waals surface area contributed by atoms with Crippen LogP contribution in [0, 0.1) is 5.92 Å². The summed E-state index contributed by atoms with van der Waals surface area (Å²) in [7, 11) is 0. The van der Waals surface area contributed by atoms with Crippen LogP contribution in [0.4, 0.5) is 0 Å². The van der Waals surface area contributed by atoms with E-state index in [1.165, 1.54) is 0 Å². The molecule has 33 heavy (non-hydrogen) atoms. The van der Waals surface area contributed by atoms with Gasteiger partial charge in [-0.2, -0.15) is 0 Å². The van der Waals surface area contributed by atoms with Crippen LogP contribution >= 0.6 is 0 Å². The Morgan fingerprint density at radius 3 is 2.82 bits per heavy atom. The molecule has 1 aliphatic rings. The third kappa shape index (κ3) is 5.70. The lowest BCUT2D eigenvalue weighted by Gasteiger charge is -2.33. The number of carbonyl (C=O) groups excluding carboxylic acids is 2. The molecule has 1 N–H and O–H groups in total. The third-order valence-electron chi connectivity index (χ3n) is 5.74. The Morgan fingerprint density at radius 1 is 1.18 bits per heavy atom. The molecule has 0 unspecified atom stereocenters. The van der Waals surface area contributed by atoms with E-state index >= 15 is 0 Å². The fourth-order valence-corrected chi connectivity index (χ4v) is 4.15. The molecular formula is C25H30N4O4. The number of benzene rings is 1. The molecule has 8 nitrogen and oxygen atoms in total. The molecule has 3 heterocycles. The van der Waals surface area contributed by atoms with E-state index < -0.39 is 5.54 Å². The van der Waals surface area contributed by atoms with Crippen molar-refractivity contribution in [3.63, 3.8) is 0 Å². The molecule has 8 heteroatoms. The molecule has 174 valence electrons. The van der Waals surface area contributed by atoms with Crippen LogP contribution in [-0.2, 0) is 20.7 Å². The number of hydrogen-bond donors (Lipinski definition) is 1. The number of amides is 2. The van der Waals surface area contributed by atoms with Crippen LogP contribution in [0.1, 0.15) is 19.5 Å². The van der Waals surface area contributed by atoms with Crippen molar-refractivity contribution in [1.82, 2.24) is 19.6 Å².